The molecule has 0 aromatic heterocycles. The Morgan fingerprint density at radius 3 is 2.38 bits per heavy atom. The van der Waals surface area contributed by atoms with Crippen LogP contribution >= 0.6 is 24.0 Å². The number of guanidine groups is 1. The molecule has 0 aliphatic rings. The molecule has 1 N–H and O–H groups in total. The quantitative estimate of drug-likeness (QED) is 0.255. The summed E-state index contributed by atoms with van der Waals surface area (Å²) in [6.07, 6.45) is 1.74. The molecule has 0 aliphatic heterocycles. The van der Waals surface area contributed by atoms with E-state index in [-0.39, 0.29) is 36.4 Å². The van der Waals surface area contributed by atoms with Gasteiger partial charge in [0.2, 0.25) is 5.91 Å². The predicted molar refractivity (Wildman–Crippen MR) is 116 cm³/mol. The number of likely N-dealkylation sites (N-methyl/N-ethyl adjacent to an activating group) is 2. The van der Waals surface area contributed by atoms with Crippen LogP contribution in [0.3, 0.4) is 0 Å². The van der Waals surface area contributed by atoms with E-state index in [0.717, 1.165) is 11.5 Å². The van der Waals surface area contributed by atoms with Crippen LogP contribution in [0.2, 0.25) is 0 Å². The summed E-state index contributed by atoms with van der Waals surface area (Å²) in [6.45, 7) is 5.45. The van der Waals surface area contributed by atoms with Gasteiger partial charge in [-0.05, 0) is 24.3 Å². The summed E-state index contributed by atoms with van der Waals surface area (Å²) in [5, 5.41) is 3.14. The number of rotatable bonds is 9. The molecule has 8 heteroatoms. The first kappa shape index (κ1) is 24.0. The van der Waals surface area contributed by atoms with E-state index in [2.05, 4.69) is 16.9 Å². The van der Waals surface area contributed by atoms with E-state index in [1.807, 2.05) is 36.2 Å². The Kier molecular flexibility index (Phi) is 12.3. The van der Waals surface area contributed by atoms with E-state index in [1.165, 1.54) is 4.90 Å². The lowest BCUT2D eigenvalue weighted by atomic mass is 10.3. The highest BCUT2D eigenvalue weighted by molar-refractivity contribution is 14.0. The zero-order valence-electron chi connectivity index (χ0n) is 15.9. The molecule has 0 unspecified atom stereocenters. The zero-order valence-corrected chi connectivity index (χ0v) is 18.2. The van der Waals surface area contributed by atoms with Crippen molar-refractivity contribution in [1.29, 1.82) is 0 Å². The maximum absolute atomic E-state index is 11.7. The van der Waals surface area contributed by atoms with Gasteiger partial charge in [0, 0.05) is 27.7 Å². The standard InChI is InChI=1S/C18H28N4O3.HI/c1-6-11-19-18(20-14-17(23)21(2)3)22(4)12-13-25-16-9-7-15(24-5)8-10-16;/h6-10H,1,11-14H2,2-5H3,(H,19,20);1H. The number of ether oxygens (including phenoxy) is 2. The van der Waals surface area contributed by atoms with Crippen LogP contribution in [0.1, 0.15) is 0 Å². The largest absolute Gasteiger partial charge is 0.497 e. The van der Waals surface area contributed by atoms with Crippen molar-refractivity contribution >= 4 is 35.8 Å². The maximum Gasteiger partial charge on any atom is 0.243 e. The second kappa shape index (κ2) is 13.3. The van der Waals surface area contributed by atoms with Crippen LogP contribution in [0.4, 0.5) is 0 Å². The summed E-state index contributed by atoms with van der Waals surface area (Å²) in [5.41, 5.74) is 0. The first-order valence-corrected chi connectivity index (χ1v) is 8.05. The van der Waals surface area contributed by atoms with Gasteiger partial charge in [-0.3, -0.25) is 4.79 Å². The average molecular weight is 476 g/mol. The number of hydrogen-bond donors (Lipinski definition) is 1. The van der Waals surface area contributed by atoms with E-state index in [0.29, 0.717) is 25.7 Å². The number of methoxy groups -OCH3 is 1. The van der Waals surface area contributed by atoms with Crippen molar-refractivity contribution in [2.24, 2.45) is 4.99 Å². The smallest absolute Gasteiger partial charge is 0.243 e. The van der Waals surface area contributed by atoms with Crippen LogP contribution in [-0.4, -0.2) is 76.2 Å². The fourth-order valence-electron chi connectivity index (χ4n) is 1.84. The molecular weight excluding hydrogens is 447 g/mol. The molecule has 0 atom stereocenters. The number of carbonyl (C=O) groups excluding carboxylic acids is 1. The second-order valence-electron chi connectivity index (χ2n) is 5.54. The van der Waals surface area contributed by atoms with Crippen molar-refractivity contribution in [2.75, 3.05) is 54.5 Å². The number of nitrogens with zero attached hydrogens (tertiary/aromatic N) is 3. The predicted octanol–water partition coefficient (Wildman–Crippen LogP) is 1.84. The number of halogens is 1. The molecule has 146 valence electrons. The van der Waals surface area contributed by atoms with Crippen LogP contribution in [0.15, 0.2) is 41.9 Å². The van der Waals surface area contributed by atoms with Gasteiger partial charge >= 0.3 is 0 Å². The minimum Gasteiger partial charge on any atom is -0.497 e. The minimum atomic E-state index is -0.0548. The summed E-state index contributed by atoms with van der Waals surface area (Å²) in [4.78, 5) is 19.5. The van der Waals surface area contributed by atoms with E-state index in [1.54, 1.807) is 27.3 Å². The first-order valence-electron chi connectivity index (χ1n) is 8.05. The second-order valence-corrected chi connectivity index (χ2v) is 5.54. The van der Waals surface area contributed by atoms with E-state index in [4.69, 9.17) is 9.47 Å². The molecule has 1 rings (SSSR count). The van der Waals surface area contributed by atoms with E-state index in [9.17, 15) is 4.79 Å². The molecule has 1 aromatic rings. The molecule has 0 radical (unpaired) electrons. The lowest BCUT2D eigenvalue weighted by molar-refractivity contribution is -0.127. The molecule has 0 spiro atoms. The van der Waals surface area contributed by atoms with Crippen LogP contribution in [0, 0.1) is 0 Å². The molecule has 26 heavy (non-hydrogen) atoms. The van der Waals surface area contributed by atoms with Gasteiger partial charge in [0.1, 0.15) is 24.7 Å². The Balaban J connectivity index is 0.00000625. The third-order valence-electron chi connectivity index (χ3n) is 3.38. The lowest BCUT2D eigenvalue weighted by Gasteiger charge is -2.22. The van der Waals surface area contributed by atoms with Gasteiger partial charge in [-0.25, -0.2) is 4.99 Å². The highest BCUT2D eigenvalue weighted by atomic mass is 127. The highest BCUT2D eigenvalue weighted by Crippen LogP contribution is 2.16. The number of carbonyl (C=O) groups is 1. The topological polar surface area (TPSA) is 66.4 Å². The maximum atomic E-state index is 11.7. The number of aliphatic imine (C=N–C) groups is 1. The number of benzene rings is 1. The van der Waals surface area contributed by atoms with Crippen molar-refractivity contribution in [3.05, 3.63) is 36.9 Å². The molecule has 0 saturated heterocycles. The molecule has 1 aromatic carbocycles. The third-order valence-corrected chi connectivity index (χ3v) is 3.38. The molecule has 0 fully saturated rings. The Morgan fingerprint density at radius 1 is 1.23 bits per heavy atom. The van der Waals surface area contributed by atoms with Crippen LogP contribution in [0.5, 0.6) is 11.5 Å². The SMILES string of the molecule is C=CCNC(=NCC(=O)N(C)C)N(C)CCOc1ccc(OC)cc1.I. The molecule has 0 bridgehead atoms. The van der Waals surface area contributed by atoms with Crippen LogP contribution < -0.4 is 14.8 Å². The molecule has 7 nitrogen and oxygen atoms in total. The number of nitrogens with one attached hydrogen (secondary N) is 1. The molecule has 0 aliphatic carbocycles. The highest BCUT2D eigenvalue weighted by Gasteiger charge is 2.08. The van der Waals surface area contributed by atoms with E-state index < -0.39 is 0 Å². The minimum absolute atomic E-state index is 0. The molecule has 0 heterocycles. The van der Waals surface area contributed by atoms with Gasteiger partial charge in [0.25, 0.3) is 0 Å². The van der Waals surface area contributed by atoms with E-state index >= 15 is 0 Å². The summed E-state index contributed by atoms with van der Waals surface area (Å²) >= 11 is 0. The first-order chi connectivity index (χ1) is 12.0. The van der Waals surface area contributed by atoms with Gasteiger partial charge in [0.15, 0.2) is 5.96 Å². The van der Waals surface area contributed by atoms with Gasteiger partial charge in [-0.1, -0.05) is 6.08 Å². The average Bonchev–Trinajstić information content (AvgIpc) is 2.61. The summed E-state index contributed by atoms with van der Waals surface area (Å²) in [6, 6.07) is 7.42. The Morgan fingerprint density at radius 2 is 1.85 bits per heavy atom. The normalized spacial score (nSPS) is 10.4. The van der Waals surface area contributed by atoms with Crippen LogP contribution in [0.25, 0.3) is 0 Å². The van der Waals surface area contributed by atoms with Crippen molar-refractivity contribution in [3.63, 3.8) is 0 Å². The van der Waals surface area contributed by atoms with Gasteiger partial charge < -0.3 is 24.6 Å². The molecule has 0 saturated carbocycles. The lowest BCUT2D eigenvalue weighted by Crippen LogP contribution is -2.41. The van der Waals surface area contributed by atoms with Crippen molar-refractivity contribution in [1.82, 2.24) is 15.1 Å². The summed E-state index contributed by atoms with van der Waals surface area (Å²) < 4.78 is 10.8. The Bertz CT molecular complexity index is 576. The van der Waals surface area contributed by atoms with Gasteiger partial charge in [0.05, 0.1) is 13.7 Å². The fraction of sp³-hybridized carbons (Fsp3) is 0.444. The van der Waals surface area contributed by atoms with Crippen LogP contribution in [-0.2, 0) is 4.79 Å². The number of hydrogen-bond acceptors (Lipinski definition) is 4. The Hall–Kier alpha value is -1.97. The van der Waals surface area contributed by atoms with Gasteiger partial charge in [-0.2, -0.15) is 0 Å². The van der Waals surface area contributed by atoms with Gasteiger partial charge in [-0.15, -0.1) is 30.6 Å². The fourth-order valence-corrected chi connectivity index (χ4v) is 1.84. The van der Waals surface area contributed by atoms with Crippen molar-refractivity contribution in [3.8, 4) is 11.5 Å². The monoisotopic (exact) mass is 476 g/mol. The van der Waals surface area contributed by atoms with Crippen molar-refractivity contribution in [2.45, 2.75) is 0 Å². The van der Waals surface area contributed by atoms with Crippen molar-refractivity contribution < 1.29 is 14.3 Å². The molecular formula is C18H29IN4O3. The third kappa shape index (κ3) is 8.93. The number of amides is 1. The zero-order chi connectivity index (χ0) is 18.7. The summed E-state index contributed by atoms with van der Waals surface area (Å²) in [5.74, 6) is 2.14. The molecule has 1 amide bonds. The Labute approximate surface area is 173 Å². The summed E-state index contributed by atoms with van der Waals surface area (Å²) in [7, 11) is 6.94.